The third-order valence-electron chi connectivity index (χ3n) is 5.64. The number of nitrogens with zero attached hydrogens (tertiary/aromatic N) is 6. The van der Waals surface area contributed by atoms with Crippen LogP contribution in [-0.4, -0.2) is 44.0 Å². The van der Waals surface area contributed by atoms with E-state index >= 15 is 0 Å². The standard InChI is InChI=1S/C27H23ClN8O4/c1-2-38-22-14-20(39-16-19-10-6-7-11-21(19)28)13-12-18(22)15-30-32-27(37)24-23(17-8-4-3-5-9-17)31-35-36(24)26-25(29)33-40-34-26/h3-15H,2,16H2,1H3,(H2,29,33)(H,32,37)/b30-15+. The molecule has 202 valence electrons. The lowest BCUT2D eigenvalue weighted by molar-refractivity contribution is 0.0947. The highest BCUT2D eigenvalue weighted by molar-refractivity contribution is 6.31. The Morgan fingerprint density at radius 1 is 1.10 bits per heavy atom. The number of aromatic nitrogens is 5. The van der Waals surface area contributed by atoms with Crippen LogP contribution in [0.25, 0.3) is 17.1 Å². The van der Waals surface area contributed by atoms with Crippen LogP contribution in [0.4, 0.5) is 5.82 Å². The first-order valence-corrected chi connectivity index (χ1v) is 12.5. The zero-order valence-corrected chi connectivity index (χ0v) is 21.9. The molecule has 0 saturated carbocycles. The fourth-order valence-electron chi connectivity index (χ4n) is 3.74. The summed E-state index contributed by atoms with van der Waals surface area (Å²) in [6, 6.07) is 21.8. The fourth-order valence-corrected chi connectivity index (χ4v) is 3.93. The molecule has 2 heterocycles. The van der Waals surface area contributed by atoms with Crippen LogP contribution < -0.4 is 20.6 Å². The van der Waals surface area contributed by atoms with E-state index in [1.54, 1.807) is 30.3 Å². The molecule has 5 rings (SSSR count). The molecular formula is C27H23ClN8O4. The van der Waals surface area contributed by atoms with Crippen molar-refractivity contribution in [1.29, 1.82) is 0 Å². The number of carbonyl (C=O) groups excluding carboxylic acids is 1. The van der Waals surface area contributed by atoms with Gasteiger partial charge < -0.3 is 15.2 Å². The molecule has 1 amide bonds. The van der Waals surface area contributed by atoms with E-state index in [1.165, 1.54) is 6.21 Å². The van der Waals surface area contributed by atoms with Gasteiger partial charge in [-0.3, -0.25) is 4.79 Å². The van der Waals surface area contributed by atoms with Gasteiger partial charge in [-0.1, -0.05) is 65.3 Å². The smallest absolute Gasteiger partial charge is 0.292 e. The van der Waals surface area contributed by atoms with E-state index in [9.17, 15) is 4.79 Å². The lowest BCUT2D eigenvalue weighted by atomic mass is 10.1. The predicted octanol–water partition coefficient (Wildman–Crippen LogP) is 4.29. The van der Waals surface area contributed by atoms with Crippen LogP contribution in [0.3, 0.4) is 0 Å². The SMILES string of the molecule is CCOc1cc(OCc2ccccc2Cl)ccc1/C=N/NC(=O)c1c(-c2ccccc2)nnn1-c1nonc1N. The minimum atomic E-state index is -0.611. The van der Waals surface area contributed by atoms with Gasteiger partial charge >= 0.3 is 0 Å². The number of hydrogen-bond donors (Lipinski definition) is 2. The molecule has 3 N–H and O–H groups in total. The average Bonchev–Trinajstić information content (AvgIpc) is 3.60. The molecule has 0 bridgehead atoms. The molecule has 0 radical (unpaired) electrons. The van der Waals surface area contributed by atoms with E-state index in [1.807, 2.05) is 49.4 Å². The van der Waals surface area contributed by atoms with Crippen molar-refractivity contribution < 1.29 is 18.9 Å². The summed E-state index contributed by atoms with van der Waals surface area (Å²) in [5.41, 5.74) is 10.8. The van der Waals surface area contributed by atoms with Crippen molar-refractivity contribution in [2.75, 3.05) is 12.3 Å². The molecular weight excluding hydrogens is 536 g/mol. The third kappa shape index (κ3) is 5.76. The van der Waals surface area contributed by atoms with E-state index in [0.717, 1.165) is 10.2 Å². The number of amides is 1. The van der Waals surface area contributed by atoms with E-state index in [-0.39, 0.29) is 17.3 Å². The Hall–Kier alpha value is -5.23. The number of benzene rings is 3. The first-order chi connectivity index (χ1) is 19.5. The van der Waals surface area contributed by atoms with E-state index < -0.39 is 5.91 Å². The molecule has 3 aromatic carbocycles. The van der Waals surface area contributed by atoms with Crippen molar-refractivity contribution in [3.63, 3.8) is 0 Å². The summed E-state index contributed by atoms with van der Waals surface area (Å²) in [5, 5.41) is 20.3. The average molecular weight is 559 g/mol. The summed E-state index contributed by atoms with van der Waals surface area (Å²) in [4.78, 5) is 13.3. The summed E-state index contributed by atoms with van der Waals surface area (Å²) < 4.78 is 17.5. The van der Waals surface area contributed by atoms with Crippen molar-refractivity contribution >= 4 is 29.5 Å². The van der Waals surface area contributed by atoms with Crippen molar-refractivity contribution in [1.82, 2.24) is 30.7 Å². The number of anilines is 1. The molecule has 0 aliphatic carbocycles. The second-order valence-corrected chi connectivity index (χ2v) is 8.66. The van der Waals surface area contributed by atoms with Crippen LogP contribution in [-0.2, 0) is 6.61 Å². The molecule has 0 aliphatic rings. The number of ether oxygens (including phenoxy) is 2. The summed E-state index contributed by atoms with van der Waals surface area (Å²) in [6.07, 6.45) is 1.46. The van der Waals surface area contributed by atoms with E-state index in [0.29, 0.717) is 46.6 Å². The number of halogens is 1. The number of nitrogens with one attached hydrogen (secondary N) is 1. The van der Waals surface area contributed by atoms with Gasteiger partial charge in [-0.25, -0.2) is 10.1 Å². The maximum absolute atomic E-state index is 13.3. The molecule has 5 aromatic rings. The van der Waals surface area contributed by atoms with Crippen molar-refractivity contribution in [3.05, 3.63) is 94.6 Å². The first kappa shape index (κ1) is 26.4. The predicted molar refractivity (Wildman–Crippen MR) is 148 cm³/mol. The van der Waals surface area contributed by atoms with Gasteiger partial charge in [0.2, 0.25) is 11.6 Å². The molecule has 13 heteroatoms. The first-order valence-electron chi connectivity index (χ1n) is 12.1. The number of carbonyl (C=O) groups is 1. The van der Waals surface area contributed by atoms with Crippen molar-refractivity contribution in [2.24, 2.45) is 5.10 Å². The molecule has 0 spiro atoms. The Bertz CT molecular complexity index is 1650. The summed E-state index contributed by atoms with van der Waals surface area (Å²) in [7, 11) is 0. The highest BCUT2D eigenvalue weighted by Crippen LogP contribution is 2.27. The van der Waals surface area contributed by atoms with Gasteiger partial charge in [-0.15, -0.1) is 5.10 Å². The second-order valence-electron chi connectivity index (χ2n) is 8.25. The van der Waals surface area contributed by atoms with E-state index in [2.05, 4.69) is 35.8 Å². The lowest BCUT2D eigenvalue weighted by Gasteiger charge is -2.12. The summed E-state index contributed by atoms with van der Waals surface area (Å²) >= 11 is 6.22. The topological polar surface area (TPSA) is 156 Å². The van der Waals surface area contributed by atoms with Crippen molar-refractivity contribution in [3.8, 4) is 28.6 Å². The Morgan fingerprint density at radius 3 is 2.65 bits per heavy atom. The number of nitrogens with two attached hydrogens (primary N) is 1. The highest BCUT2D eigenvalue weighted by atomic mass is 35.5. The van der Waals surface area contributed by atoms with Crippen LogP contribution in [0, 0.1) is 0 Å². The lowest BCUT2D eigenvalue weighted by Crippen LogP contribution is -2.22. The number of nitrogen functional groups attached to an aromatic ring is 1. The zero-order valence-electron chi connectivity index (χ0n) is 21.2. The van der Waals surface area contributed by atoms with Gasteiger partial charge in [0.15, 0.2) is 5.69 Å². The van der Waals surface area contributed by atoms with Gasteiger partial charge in [0, 0.05) is 27.8 Å². The van der Waals surface area contributed by atoms with Crippen LogP contribution in [0.5, 0.6) is 11.5 Å². The van der Waals surface area contributed by atoms with Gasteiger partial charge in [0.05, 0.1) is 12.8 Å². The third-order valence-corrected chi connectivity index (χ3v) is 6.00. The largest absolute Gasteiger partial charge is 0.493 e. The zero-order chi connectivity index (χ0) is 27.9. The minimum Gasteiger partial charge on any atom is -0.493 e. The highest BCUT2D eigenvalue weighted by Gasteiger charge is 2.25. The summed E-state index contributed by atoms with van der Waals surface area (Å²) in [6.45, 7) is 2.58. The molecule has 40 heavy (non-hydrogen) atoms. The van der Waals surface area contributed by atoms with Gasteiger partial charge in [0.1, 0.15) is 23.8 Å². The van der Waals surface area contributed by atoms with Gasteiger partial charge in [-0.2, -0.15) is 9.78 Å². The molecule has 12 nitrogen and oxygen atoms in total. The summed E-state index contributed by atoms with van der Waals surface area (Å²) in [5.74, 6) is 0.469. The molecule has 0 unspecified atom stereocenters. The molecule has 0 saturated heterocycles. The van der Waals surface area contributed by atoms with Crippen molar-refractivity contribution in [2.45, 2.75) is 13.5 Å². The Kier molecular flexibility index (Phi) is 7.97. The Balaban J connectivity index is 1.36. The molecule has 0 aliphatic heterocycles. The van der Waals surface area contributed by atoms with E-state index in [4.69, 9.17) is 26.8 Å². The van der Waals surface area contributed by atoms with Crippen LogP contribution >= 0.6 is 11.6 Å². The fraction of sp³-hybridized carbons (Fsp3) is 0.111. The molecule has 0 fully saturated rings. The number of rotatable bonds is 10. The van der Waals surface area contributed by atoms with Gasteiger partial charge in [-0.05, 0) is 35.4 Å². The Labute approximate surface area is 233 Å². The quantitative estimate of drug-likeness (QED) is 0.188. The number of hydrazone groups is 1. The maximum Gasteiger partial charge on any atom is 0.292 e. The Morgan fingerprint density at radius 2 is 1.90 bits per heavy atom. The second kappa shape index (κ2) is 12.1. The maximum atomic E-state index is 13.3. The van der Waals surface area contributed by atoms with Gasteiger partial charge in [0.25, 0.3) is 5.91 Å². The molecule has 2 aromatic heterocycles. The van der Waals surface area contributed by atoms with Crippen LogP contribution in [0.2, 0.25) is 5.02 Å². The minimum absolute atomic E-state index is 0.0230. The monoisotopic (exact) mass is 558 g/mol. The molecule has 0 atom stereocenters. The van der Waals surface area contributed by atoms with Crippen LogP contribution in [0.15, 0.2) is 82.5 Å². The number of hydrogen-bond acceptors (Lipinski definition) is 10. The van der Waals surface area contributed by atoms with Crippen LogP contribution in [0.1, 0.15) is 28.5 Å². The normalized spacial score (nSPS) is 11.1.